The molecule has 1 aliphatic rings. The van der Waals surface area contributed by atoms with Crippen LogP contribution in [0.3, 0.4) is 0 Å². The maximum atomic E-state index is 3.55. The maximum absolute atomic E-state index is 3.55. The molecule has 4 aromatic rings. The highest BCUT2D eigenvalue weighted by molar-refractivity contribution is 5.97. The third-order valence-electron chi connectivity index (χ3n) is 4.33. The molecule has 0 heterocycles. The molecule has 0 N–H and O–H groups in total. The standard InChI is InChI=1S/C21H12/c1-3-7-16-12-20-18(9-14(16)5-1)11-19-10-15-6-2-4-8-17(15)13-21(19)20/h1-9,11-13H. The summed E-state index contributed by atoms with van der Waals surface area (Å²) >= 11 is 0. The van der Waals surface area contributed by atoms with Crippen molar-refractivity contribution >= 4 is 21.5 Å². The van der Waals surface area contributed by atoms with E-state index < -0.39 is 0 Å². The molecule has 5 rings (SSSR count). The van der Waals surface area contributed by atoms with Crippen molar-refractivity contribution in [3.63, 3.8) is 0 Å². The van der Waals surface area contributed by atoms with E-state index in [1.807, 2.05) is 0 Å². The lowest BCUT2D eigenvalue weighted by Crippen LogP contribution is -1.81. The van der Waals surface area contributed by atoms with Crippen LogP contribution in [-0.2, 0) is 0 Å². The first-order valence-corrected chi connectivity index (χ1v) is 7.21. The molecule has 0 fully saturated rings. The monoisotopic (exact) mass is 264 g/mol. The van der Waals surface area contributed by atoms with Gasteiger partial charge in [0.2, 0.25) is 0 Å². The minimum Gasteiger partial charge on any atom is -0.0616 e. The number of benzene rings is 4. The number of hydrogen-bond donors (Lipinski definition) is 0. The van der Waals surface area contributed by atoms with Gasteiger partial charge in [0.05, 0.1) is 0 Å². The molecule has 0 aliphatic heterocycles. The summed E-state index contributed by atoms with van der Waals surface area (Å²) in [6, 6.07) is 27.4. The second-order valence-electron chi connectivity index (χ2n) is 5.61. The number of fused-ring (bicyclic) bond motifs is 5. The fourth-order valence-electron chi connectivity index (χ4n) is 3.29. The summed E-state index contributed by atoms with van der Waals surface area (Å²) in [4.78, 5) is 0. The molecule has 2 radical (unpaired) electrons. The van der Waals surface area contributed by atoms with E-state index in [4.69, 9.17) is 0 Å². The molecule has 0 nitrogen and oxygen atoms in total. The summed E-state index contributed by atoms with van der Waals surface area (Å²) < 4.78 is 0. The Bertz CT molecular complexity index is 926. The van der Waals surface area contributed by atoms with Crippen molar-refractivity contribution < 1.29 is 0 Å². The number of hydrogen-bond acceptors (Lipinski definition) is 0. The topological polar surface area (TPSA) is 0 Å². The Hall–Kier alpha value is -2.60. The van der Waals surface area contributed by atoms with Crippen molar-refractivity contribution in [2.75, 3.05) is 0 Å². The molecule has 0 aromatic heterocycles. The van der Waals surface area contributed by atoms with Gasteiger partial charge in [-0.1, -0.05) is 48.5 Å². The van der Waals surface area contributed by atoms with Gasteiger partial charge < -0.3 is 0 Å². The van der Waals surface area contributed by atoms with Crippen LogP contribution >= 0.6 is 0 Å². The lowest BCUT2D eigenvalue weighted by molar-refractivity contribution is 1.57. The van der Waals surface area contributed by atoms with Gasteiger partial charge in [0.15, 0.2) is 0 Å². The summed E-state index contributed by atoms with van der Waals surface area (Å²) in [6.45, 7) is 0. The van der Waals surface area contributed by atoms with E-state index >= 15 is 0 Å². The van der Waals surface area contributed by atoms with Crippen LogP contribution in [0.25, 0.3) is 32.7 Å². The lowest BCUT2D eigenvalue weighted by Gasteiger charge is -2.05. The Morgan fingerprint density at radius 1 is 0.619 bits per heavy atom. The quantitative estimate of drug-likeness (QED) is 0.352. The Kier molecular flexibility index (Phi) is 2.09. The molecule has 21 heavy (non-hydrogen) atoms. The van der Waals surface area contributed by atoms with Gasteiger partial charge in [-0.15, -0.1) is 0 Å². The zero-order chi connectivity index (χ0) is 13.8. The highest BCUT2D eigenvalue weighted by Crippen LogP contribution is 2.41. The summed E-state index contributed by atoms with van der Waals surface area (Å²) in [5.74, 6) is 0. The second kappa shape index (κ2) is 3.95. The molecule has 0 saturated heterocycles. The second-order valence-corrected chi connectivity index (χ2v) is 5.61. The first kappa shape index (κ1) is 11.1. The molecular formula is C21H12. The zero-order valence-corrected chi connectivity index (χ0v) is 11.4. The third-order valence-corrected chi connectivity index (χ3v) is 4.33. The lowest BCUT2D eigenvalue weighted by atomic mass is 9.99. The van der Waals surface area contributed by atoms with E-state index in [1.165, 1.54) is 43.8 Å². The van der Waals surface area contributed by atoms with Crippen LogP contribution in [0.2, 0.25) is 0 Å². The smallest absolute Gasteiger partial charge is 0.0218 e. The van der Waals surface area contributed by atoms with Crippen LogP contribution in [0.5, 0.6) is 0 Å². The van der Waals surface area contributed by atoms with Crippen molar-refractivity contribution in [2.45, 2.75) is 0 Å². The molecule has 96 valence electrons. The van der Waals surface area contributed by atoms with Gasteiger partial charge in [0.25, 0.3) is 0 Å². The first-order valence-electron chi connectivity index (χ1n) is 7.21. The van der Waals surface area contributed by atoms with Crippen molar-refractivity contribution in [2.24, 2.45) is 0 Å². The van der Waals surface area contributed by atoms with Crippen molar-refractivity contribution in [3.8, 4) is 11.1 Å². The molecule has 0 spiro atoms. The van der Waals surface area contributed by atoms with Crippen molar-refractivity contribution in [1.29, 1.82) is 0 Å². The van der Waals surface area contributed by atoms with Crippen LogP contribution in [0.4, 0.5) is 0 Å². The van der Waals surface area contributed by atoms with Crippen LogP contribution in [0.1, 0.15) is 11.1 Å². The molecule has 0 atom stereocenters. The third kappa shape index (κ3) is 1.56. The Labute approximate surface area is 123 Å². The van der Waals surface area contributed by atoms with E-state index in [-0.39, 0.29) is 0 Å². The summed E-state index contributed by atoms with van der Waals surface area (Å²) in [6.07, 6.45) is 2.25. The van der Waals surface area contributed by atoms with Crippen molar-refractivity contribution in [1.82, 2.24) is 0 Å². The molecule has 0 heteroatoms. The summed E-state index contributed by atoms with van der Waals surface area (Å²) in [5.41, 5.74) is 5.13. The molecule has 0 bridgehead atoms. The Morgan fingerprint density at radius 3 is 2.14 bits per heavy atom. The van der Waals surface area contributed by atoms with E-state index in [2.05, 4.69) is 79.2 Å². The van der Waals surface area contributed by atoms with Gasteiger partial charge in [0, 0.05) is 6.42 Å². The van der Waals surface area contributed by atoms with Gasteiger partial charge in [-0.3, -0.25) is 0 Å². The van der Waals surface area contributed by atoms with E-state index in [0.717, 1.165) is 0 Å². The predicted molar refractivity (Wildman–Crippen MR) is 88.2 cm³/mol. The van der Waals surface area contributed by atoms with Crippen LogP contribution in [0.15, 0.2) is 66.7 Å². The fourth-order valence-corrected chi connectivity index (χ4v) is 3.29. The molecule has 4 aromatic carbocycles. The average molecular weight is 264 g/mol. The van der Waals surface area contributed by atoms with Crippen LogP contribution in [-0.4, -0.2) is 0 Å². The minimum absolute atomic E-state index is 1.19. The van der Waals surface area contributed by atoms with E-state index in [1.54, 1.807) is 0 Å². The largest absolute Gasteiger partial charge is 0.0616 e. The van der Waals surface area contributed by atoms with Gasteiger partial charge in [0.1, 0.15) is 0 Å². The zero-order valence-electron chi connectivity index (χ0n) is 11.4. The highest BCUT2D eigenvalue weighted by atomic mass is 14.2. The highest BCUT2D eigenvalue weighted by Gasteiger charge is 2.20. The average Bonchev–Trinajstić information content (AvgIpc) is 2.87. The molecule has 1 aliphatic carbocycles. The van der Waals surface area contributed by atoms with Crippen molar-refractivity contribution in [3.05, 3.63) is 90.3 Å². The SMILES string of the molecule is [c]1c2c(cc3ccccc13)-c1cc3ccccc3cc1[CH]2. The fraction of sp³-hybridized carbons (Fsp3) is 0. The summed E-state index contributed by atoms with van der Waals surface area (Å²) in [5, 5.41) is 5.03. The first-order chi connectivity index (χ1) is 10.4. The Morgan fingerprint density at radius 2 is 1.29 bits per heavy atom. The van der Waals surface area contributed by atoms with Gasteiger partial charge in [-0.2, -0.15) is 0 Å². The van der Waals surface area contributed by atoms with E-state index in [0.29, 0.717) is 0 Å². The van der Waals surface area contributed by atoms with Gasteiger partial charge in [-0.25, -0.2) is 0 Å². The number of rotatable bonds is 0. The van der Waals surface area contributed by atoms with Gasteiger partial charge in [-0.05, 0) is 68.1 Å². The molecule has 0 saturated carbocycles. The molecule has 0 amide bonds. The molecular weight excluding hydrogens is 252 g/mol. The predicted octanol–water partition coefficient (Wildman–Crippen LogP) is 5.37. The van der Waals surface area contributed by atoms with E-state index in [9.17, 15) is 0 Å². The molecule has 0 unspecified atom stereocenters. The Balaban J connectivity index is 1.84. The minimum atomic E-state index is 1.19. The van der Waals surface area contributed by atoms with Crippen LogP contribution in [0, 0.1) is 12.5 Å². The normalized spacial score (nSPS) is 12.6. The summed E-state index contributed by atoms with van der Waals surface area (Å²) in [7, 11) is 0. The van der Waals surface area contributed by atoms with Gasteiger partial charge >= 0.3 is 0 Å². The van der Waals surface area contributed by atoms with Crippen LogP contribution < -0.4 is 0 Å². The maximum Gasteiger partial charge on any atom is 0.0218 e.